The molecule has 0 aliphatic rings. The molecule has 0 saturated heterocycles. The van der Waals surface area contributed by atoms with Crippen LogP contribution in [0.25, 0.3) is 22.4 Å². The fourth-order valence-corrected chi connectivity index (χ4v) is 2.68. The molecule has 0 atom stereocenters. The molecule has 21 heavy (non-hydrogen) atoms. The summed E-state index contributed by atoms with van der Waals surface area (Å²) >= 11 is 0. The number of sulfone groups is 1. The number of benzene rings is 2. The molecule has 0 fully saturated rings. The van der Waals surface area contributed by atoms with E-state index in [1.165, 1.54) is 24.3 Å². The molecule has 0 aliphatic heterocycles. The monoisotopic (exact) mass is 308 g/mol. The number of fused-ring (bicyclic) bond motifs is 1. The van der Waals surface area contributed by atoms with Crippen molar-refractivity contribution in [2.45, 2.75) is 4.90 Å². The molecule has 1 heterocycles. The largest absolute Gasteiger partial charge is 0.338 e. The normalized spacial score (nSPS) is 12.0. The maximum absolute atomic E-state index is 13.7. The highest BCUT2D eigenvalue weighted by molar-refractivity contribution is 7.90. The number of halogens is 2. The van der Waals surface area contributed by atoms with E-state index in [0.29, 0.717) is 11.0 Å². The van der Waals surface area contributed by atoms with Crippen LogP contribution in [0.5, 0.6) is 0 Å². The summed E-state index contributed by atoms with van der Waals surface area (Å²) in [6.45, 7) is 0. The van der Waals surface area contributed by atoms with Gasteiger partial charge in [-0.3, -0.25) is 0 Å². The number of hydrogen-bond acceptors (Lipinski definition) is 3. The van der Waals surface area contributed by atoms with Gasteiger partial charge in [0.05, 0.1) is 21.5 Å². The van der Waals surface area contributed by atoms with Crippen LogP contribution in [0.2, 0.25) is 0 Å². The number of aromatic amines is 1. The molecule has 0 saturated carbocycles. The first-order valence-corrected chi connectivity index (χ1v) is 7.89. The quantitative estimate of drug-likeness (QED) is 0.792. The van der Waals surface area contributed by atoms with E-state index in [2.05, 4.69) is 9.97 Å². The van der Waals surface area contributed by atoms with Crippen LogP contribution >= 0.6 is 0 Å². The maximum atomic E-state index is 13.7. The summed E-state index contributed by atoms with van der Waals surface area (Å²) < 4.78 is 49.7. The van der Waals surface area contributed by atoms with Crippen molar-refractivity contribution in [2.24, 2.45) is 0 Å². The Hall–Kier alpha value is -2.28. The summed E-state index contributed by atoms with van der Waals surface area (Å²) in [6, 6.07) is 7.58. The fourth-order valence-electron chi connectivity index (χ4n) is 2.03. The predicted molar refractivity (Wildman–Crippen MR) is 74.6 cm³/mol. The molecule has 0 aliphatic carbocycles. The van der Waals surface area contributed by atoms with Crippen molar-refractivity contribution in [3.05, 3.63) is 48.0 Å². The van der Waals surface area contributed by atoms with Gasteiger partial charge in [0, 0.05) is 12.3 Å². The van der Waals surface area contributed by atoms with Crippen LogP contribution < -0.4 is 0 Å². The zero-order chi connectivity index (χ0) is 15.2. The van der Waals surface area contributed by atoms with E-state index < -0.39 is 21.5 Å². The number of rotatable bonds is 2. The molecular formula is C14H10F2N2O2S. The lowest BCUT2D eigenvalue weighted by Crippen LogP contribution is -1.96. The van der Waals surface area contributed by atoms with Gasteiger partial charge in [-0.05, 0) is 30.3 Å². The van der Waals surface area contributed by atoms with Crippen LogP contribution in [0.4, 0.5) is 8.78 Å². The van der Waals surface area contributed by atoms with Crippen molar-refractivity contribution in [1.82, 2.24) is 9.97 Å². The summed E-state index contributed by atoms with van der Waals surface area (Å²) in [6.07, 6.45) is 1.10. The molecule has 1 N–H and O–H groups in total. The number of nitrogens with one attached hydrogen (secondary N) is 1. The Morgan fingerprint density at radius 1 is 1.10 bits per heavy atom. The van der Waals surface area contributed by atoms with E-state index in [4.69, 9.17) is 0 Å². The Balaban J connectivity index is 2.17. The zero-order valence-electron chi connectivity index (χ0n) is 10.9. The molecule has 3 rings (SSSR count). The van der Waals surface area contributed by atoms with Gasteiger partial charge in [-0.1, -0.05) is 0 Å². The van der Waals surface area contributed by atoms with Crippen LogP contribution in [-0.4, -0.2) is 24.6 Å². The summed E-state index contributed by atoms with van der Waals surface area (Å²) in [5.41, 5.74) is 1.09. The summed E-state index contributed by atoms with van der Waals surface area (Å²) in [5, 5.41) is 0. The number of nitrogens with zero attached hydrogens (tertiary/aromatic N) is 1. The highest BCUT2D eigenvalue weighted by atomic mass is 32.2. The smallest absolute Gasteiger partial charge is 0.175 e. The minimum Gasteiger partial charge on any atom is -0.338 e. The Labute approximate surface area is 119 Å². The number of aromatic nitrogens is 2. The van der Waals surface area contributed by atoms with E-state index in [1.807, 2.05) is 0 Å². The van der Waals surface area contributed by atoms with Crippen molar-refractivity contribution >= 4 is 20.9 Å². The molecule has 2 aromatic carbocycles. The first kappa shape index (κ1) is 13.7. The summed E-state index contributed by atoms with van der Waals surface area (Å²) in [7, 11) is -3.33. The van der Waals surface area contributed by atoms with E-state index in [0.717, 1.165) is 18.4 Å². The Morgan fingerprint density at radius 2 is 1.86 bits per heavy atom. The zero-order valence-corrected chi connectivity index (χ0v) is 11.7. The van der Waals surface area contributed by atoms with E-state index in [-0.39, 0.29) is 16.3 Å². The van der Waals surface area contributed by atoms with Crippen LogP contribution in [0.3, 0.4) is 0 Å². The molecule has 0 amide bonds. The van der Waals surface area contributed by atoms with Crippen molar-refractivity contribution in [1.29, 1.82) is 0 Å². The van der Waals surface area contributed by atoms with Gasteiger partial charge >= 0.3 is 0 Å². The van der Waals surface area contributed by atoms with Crippen molar-refractivity contribution < 1.29 is 17.2 Å². The molecule has 108 valence electrons. The van der Waals surface area contributed by atoms with Gasteiger partial charge in [0.2, 0.25) is 0 Å². The second-order valence-corrected chi connectivity index (χ2v) is 6.68. The van der Waals surface area contributed by atoms with Crippen molar-refractivity contribution in [2.75, 3.05) is 6.26 Å². The number of imidazole rings is 1. The first-order valence-electron chi connectivity index (χ1n) is 6.00. The third-order valence-corrected chi connectivity index (χ3v) is 4.18. The standard InChI is InChI=1S/C14H10F2N2O2S/c1-21(19,20)9-3-5-12-13(7-9)18-14(17-12)10-4-2-8(15)6-11(10)16/h2-7H,1H3,(H,17,18). The third kappa shape index (κ3) is 2.52. The molecule has 3 aromatic rings. The average molecular weight is 308 g/mol. The first-order chi connectivity index (χ1) is 9.84. The van der Waals surface area contributed by atoms with Gasteiger partial charge in [0.15, 0.2) is 9.84 Å². The summed E-state index contributed by atoms with van der Waals surface area (Å²) in [4.78, 5) is 7.17. The van der Waals surface area contributed by atoms with Gasteiger partial charge in [0.1, 0.15) is 17.5 Å². The number of H-pyrrole nitrogens is 1. The van der Waals surface area contributed by atoms with Crippen molar-refractivity contribution in [3.63, 3.8) is 0 Å². The molecular weight excluding hydrogens is 298 g/mol. The van der Waals surface area contributed by atoms with Gasteiger partial charge in [-0.15, -0.1) is 0 Å². The van der Waals surface area contributed by atoms with Gasteiger partial charge in [-0.25, -0.2) is 22.2 Å². The average Bonchev–Trinajstić information content (AvgIpc) is 2.79. The third-order valence-electron chi connectivity index (χ3n) is 3.07. The highest BCUT2D eigenvalue weighted by Crippen LogP contribution is 2.25. The SMILES string of the molecule is CS(=O)(=O)c1ccc2nc(-c3ccc(F)cc3F)[nH]c2c1. The van der Waals surface area contributed by atoms with Gasteiger partial charge < -0.3 is 4.98 Å². The van der Waals surface area contributed by atoms with E-state index >= 15 is 0 Å². The second-order valence-electron chi connectivity index (χ2n) is 4.66. The number of hydrogen-bond donors (Lipinski definition) is 1. The second kappa shape index (κ2) is 4.63. The van der Waals surface area contributed by atoms with Crippen LogP contribution in [-0.2, 0) is 9.84 Å². The summed E-state index contributed by atoms with van der Waals surface area (Å²) in [5.74, 6) is -1.20. The fraction of sp³-hybridized carbons (Fsp3) is 0.0714. The van der Waals surface area contributed by atoms with E-state index in [1.54, 1.807) is 0 Å². The lowest BCUT2D eigenvalue weighted by Gasteiger charge is -1.98. The van der Waals surface area contributed by atoms with Gasteiger partial charge in [-0.2, -0.15) is 0 Å². The van der Waals surface area contributed by atoms with Crippen LogP contribution in [0.1, 0.15) is 0 Å². The maximum Gasteiger partial charge on any atom is 0.175 e. The lowest BCUT2D eigenvalue weighted by atomic mass is 10.2. The van der Waals surface area contributed by atoms with Gasteiger partial charge in [0.25, 0.3) is 0 Å². The molecule has 1 aromatic heterocycles. The predicted octanol–water partition coefficient (Wildman–Crippen LogP) is 2.91. The molecule has 0 radical (unpaired) electrons. The van der Waals surface area contributed by atoms with Crippen molar-refractivity contribution in [3.8, 4) is 11.4 Å². The minimum atomic E-state index is -3.33. The topological polar surface area (TPSA) is 62.8 Å². The minimum absolute atomic E-state index is 0.119. The van der Waals surface area contributed by atoms with E-state index in [9.17, 15) is 17.2 Å². The molecule has 0 bridgehead atoms. The highest BCUT2D eigenvalue weighted by Gasteiger charge is 2.13. The Kier molecular flexibility index (Phi) is 3.02. The Morgan fingerprint density at radius 3 is 2.52 bits per heavy atom. The molecule has 0 spiro atoms. The van der Waals surface area contributed by atoms with Crippen LogP contribution in [0, 0.1) is 11.6 Å². The lowest BCUT2D eigenvalue weighted by molar-refractivity contribution is 0.585. The molecule has 0 unspecified atom stereocenters. The Bertz CT molecular complexity index is 949. The molecule has 7 heteroatoms. The molecule has 4 nitrogen and oxygen atoms in total. The van der Waals surface area contributed by atoms with Crippen LogP contribution in [0.15, 0.2) is 41.3 Å².